The first-order valence-corrected chi connectivity index (χ1v) is 15.2. The van der Waals surface area contributed by atoms with E-state index in [-0.39, 0.29) is 61.8 Å². The molecule has 0 aliphatic heterocycles. The summed E-state index contributed by atoms with van der Waals surface area (Å²) in [7, 11) is 0. The Morgan fingerprint density at radius 3 is 0.944 bits per heavy atom. The summed E-state index contributed by atoms with van der Waals surface area (Å²) < 4.78 is 0. The Morgan fingerprint density at radius 1 is 0.556 bits per heavy atom. The van der Waals surface area contributed by atoms with Gasteiger partial charge in [-0.25, -0.2) is 0 Å². The molecule has 0 radical (unpaired) electrons. The molecule has 0 heterocycles. The molecular formula is C31H65Fe2NOW. The van der Waals surface area contributed by atoms with Gasteiger partial charge < -0.3 is 23.9 Å². The maximum atomic E-state index is 7.81. The van der Waals surface area contributed by atoms with Crippen molar-refractivity contribution in [3.63, 3.8) is 0 Å². The fourth-order valence-electron chi connectivity index (χ4n) is 5.14. The average molecular weight is 763 g/mol. The van der Waals surface area contributed by atoms with Gasteiger partial charge in [-0.1, -0.05) is 118 Å². The van der Waals surface area contributed by atoms with Gasteiger partial charge in [-0.15, -0.1) is 6.54 Å². The molecule has 36 heavy (non-hydrogen) atoms. The zero-order chi connectivity index (χ0) is 25.0. The zero-order valence-corrected chi connectivity index (χ0v) is 30.0. The van der Waals surface area contributed by atoms with E-state index >= 15 is 0 Å². The zero-order valence-electron chi connectivity index (χ0n) is 24.8. The van der Waals surface area contributed by atoms with Gasteiger partial charge in [0.25, 0.3) is 0 Å². The molecule has 4 rings (SSSR count). The van der Waals surface area contributed by atoms with Crippen LogP contribution in [0.15, 0.2) is 0 Å². The van der Waals surface area contributed by atoms with Crippen LogP contribution in [-0.2, 0) is 55.2 Å². The Hall–Kier alpha value is 1.65. The van der Waals surface area contributed by atoms with E-state index < -0.39 is 0 Å². The summed E-state index contributed by atoms with van der Waals surface area (Å²) in [6.07, 6.45) is 27.4. The van der Waals surface area contributed by atoms with E-state index in [2.05, 4.69) is 18.7 Å². The Morgan fingerprint density at radius 2 is 0.778 bits per heavy atom. The van der Waals surface area contributed by atoms with Crippen molar-refractivity contribution < 1.29 is 60.3 Å². The first-order chi connectivity index (χ1) is 16.3. The Labute approximate surface area is 265 Å². The first-order valence-electron chi connectivity index (χ1n) is 15.2. The standard InChI is InChI=1S/C14H26N.2C5H10.C3H7O.2C2H6.2Fe.W/c1-2-15(11-13-7-3-4-8-13)12-14-9-5-6-10-14;2*1-2-4-5-3-1;1-2-3-4;2*1-2;;;/h13-14H,1-12H2;2*1-5H2;4H,1-3H2;2*1-2H3;;;/q-1;;;-1;;;;;+2. The molecule has 0 spiro atoms. The van der Waals surface area contributed by atoms with E-state index in [9.17, 15) is 0 Å². The second-order valence-corrected chi connectivity index (χ2v) is 9.67. The molecule has 0 aromatic rings. The van der Waals surface area contributed by atoms with Crippen molar-refractivity contribution >= 4 is 0 Å². The summed E-state index contributed by atoms with van der Waals surface area (Å²) >= 11 is 0. The molecule has 0 atom stereocenters. The van der Waals surface area contributed by atoms with Crippen molar-refractivity contribution in [2.75, 3.05) is 26.2 Å². The van der Waals surface area contributed by atoms with E-state index in [4.69, 9.17) is 5.11 Å². The minimum absolute atomic E-state index is 0. The number of aliphatic hydroxyl groups is 1. The van der Waals surface area contributed by atoms with Gasteiger partial charge in [0.1, 0.15) is 0 Å². The number of hydrogen-bond acceptors (Lipinski definition) is 2. The second-order valence-electron chi connectivity index (χ2n) is 9.67. The smallest absolute Gasteiger partial charge is 0.399 e. The van der Waals surface area contributed by atoms with Gasteiger partial charge >= 0.3 is 21.1 Å². The van der Waals surface area contributed by atoms with Crippen LogP contribution < -0.4 is 0 Å². The number of hydrogen-bond donors (Lipinski definition) is 1. The van der Waals surface area contributed by atoms with Gasteiger partial charge in [-0.05, 0) is 50.6 Å². The topological polar surface area (TPSA) is 23.5 Å². The fourth-order valence-corrected chi connectivity index (χ4v) is 5.14. The molecule has 4 aliphatic carbocycles. The summed E-state index contributed by atoms with van der Waals surface area (Å²) in [6, 6.07) is 0. The van der Waals surface area contributed by atoms with Gasteiger partial charge in [-0.3, -0.25) is 0 Å². The van der Waals surface area contributed by atoms with Crippen LogP contribution in [0.2, 0.25) is 0 Å². The third kappa shape index (κ3) is 31.9. The molecule has 0 amide bonds. The maximum absolute atomic E-state index is 7.81. The Bertz CT molecular complexity index is 285. The van der Waals surface area contributed by atoms with Crippen molar-refractivity contribution in [2.45, 2.75) is 150 Å². The van der Waals surface area contributed by atoms with Crippen molar-refractivity contribution in [2.24, 2.45) is 11.8 Å². The van der Waals surface area contributed by atoms with E-state index in [0.29, 0.717) is 6.42 Å². The van der Waals surface area contributed by atoms with Gasteiger partial charge in [0.05, 0.1) is 0 Å². The van der Waals surface area contributed by atoms with Crippen molar-refractivity contribution in [1.82, 2.24) is 4.90 Å². The maximum Gasteiger partial charge on any atom is 2.00 e. The summed E-state index contributed by atoms with van der Waals surface area (Å²) in [5, 5.41) is 7.81. The summed E-state index contributed by atoms with van der Waals surface area (Å²) in [4.78, 5) is 2.62. The summed E-state index contributed by atoms with van der Waals surface area (Å²) in [6.45, 7) is 19.3. The normalized spacial score (nSPS) is 18.0. The van der Waals surface area contributed by atoms with Crippen LogP contribution in [0.3, 0.4) is 0 Å². The SMILES string of the molecule is C1CCCC1.C1CCCC1.CC.CC.[CH2-]CCO.[CH2-]CN(CC1CCCC1)CC1CCCC1.[Fe].[Fe].[W+2]. The molecule has 4 fully saturated rings. The molecule has 0 aromatic heterocycles. The minimum Gasteiger partial charge on any atom is -0.399 e. The molecule has 222 valence electrons. The predicted octanol–water partition coefficient (Wildman–Crippen LogP) is 9.65. The summed E-state index contributed by atoms with van der Waals surface area (Å²) in [5.41, 5.74) is 0. The second kappa shape index (κ2) is 41.1. The van der Waals surface area contributed by atoms with E-state index in [0.717, 1.165) is 18.4 Å². The van der Waals surface area contributed by atoms with E-state index in [1.165, 1.54) is 129 Å². The van der Waals surface area contributed by atoms with Gasteiger partial charge in [0.2, 0.25) is 0 Å². The van der Waals surface area contributed by atoms with Gasteiger partial charge in [-0.2, -0.15) is 6.42 Å². The quantitative estimate of drug-likeness (QED) is 0.215. The van der Waals surface area contributed by atoms with Crippen LogP contribution >= 0.6 is 0 Å². The molecule has 0 saturated heterocycles. The minimum atomic E-state index is 0. The molecule has 4 saturated carbocycles. The molecule has 5 heteroatoms. The molecule has 2 nitrogen and oxygen atoms in total. The average Bonchev–Trinajstić information content (AvgIpc) is 3.71. The van der Waals surface area contributed by atoms with Crippen LogP contribution in [0.1, 0.15) is 150 Å². The fraction of sp³-hybridized carbons (Fsp3) is 0.935. The Balaban J connectivity index is -0.000000128. The van der Waals surface area contributed by atoms with Crippen LogP contribution in [0, 0.1) is 25.7 Å². The number of aliphatic hydroxyl groups excluding tert-OH is 1. The molecule has 4 aliphatic rings. The third-order valence-corrected chi connectivity index (χ3v) is 6.96. The van der Waals surface area contributed by atoms with Crippen LogP contribution in [0.5, 0.6) is 0 Å². The molecule has 1 N–H and O–H groups in total. The first kappa shape index (κ1) is 47.4. The predicted molar refractivity (Wildman–Crippen MR) is 152 cm³/mol. The van der Waals surface area contributed by atoms with Crippen LogP contribution in [0.4, 0.5) is 0 Å². The van der Waals surface area contributed by atoms with E-state index in [1.54, 1.807) is 0 Å². The van der Waals surface area contributed by atoms with E-state index in [1.807, 2.05) is 27.7 Å². The molecule has 0 aromatic carbocycles. The van der Waals surface area contributed by atoms with Gasteiger partial charge in [0.15, 0.2) is 0 Å². The Kier molecular flexibility index (Phi) is 54.2. The molecular weight excluding hydrogens is 698 g/mol. The van der Waals surface area contributed by atoms with Gasteiger partial charge in [0, 0.05) is 40.7 Å². The van der Waals surface area contributed by atoms with Crippen LogP contribution in [0.25, 0.3) is 0 Å². The summed E-state index contributed by atoms with van der Waals surface area (Å²) in [5.74, 6) is 1.99. The van der Waals surface area contributed by atoms with Crippen molar-refractivity contribution in [1.29, 1.82) is 0 Å². The van der Waals surface area contributed by atoms with Crippen molar-refractivity contribution in [3.05, 3.63) is 13.8 Å². The molecule has 0 unspecified atom stereocenters. The van der Waals surface area contributed by atoms with Crippen molar-refractivity contribution in [3.8, 4) is 0 Å². The molecule has 0 bridgehead atoms. The number of nitrogens with zero attached hydrogens (tertiary/aromatic N) is 1. The largest absolute Gasteiger partial charge is 2.00 e. The monoisotopic (exact) mass is 763 g/mol. The third-order valence-electron chi connectivity index (χ3n) is 6.96. The van der Waals surface area contributed by atoms with Crippen LogP contribution in [-0.4, -0.2) is 36.2 Å². The number of rotatable bonds is 6.